The van der Waals surface area contributed by atoms with E-state index in [9.17, 15) is 0 Å². The van der Waals surface area contributed by atoms with E-state index in [4.69, 9.17) is 4.42 Å². The zero-order valence-corrected chi connectivity index (χ0v) is 24.8. The molecular weight excluding hydrogens is 558 g/mol. The second-order valence-corrected chi connectivity index (χ2v) is 12.4. The van der Waals surface area contributed by atoms with E-state index in [1.54, 1.807) is 0 Å². The van der Waals surface area contributed by atoms with Gasteiger partial charge in [0.05, 0.1) is 11.0 Å². The summed E-state index contributed by atoms with van der Waals surface area (Å²) in [4.78, 5) is 0. The zero-order valence-electron chi connectivity index (χ0n) is 24.8. The van der Waals surface area contributed by atoms with E-state index < -0.39 is 0 Å². The van der Waals surface area contributed by atoms with Gasteiger partial charge in [0.2, 0.25) is 0 Å². The first-order chi connectivity index (χ1) is 22.8. The first-order valence-corrected chi connectivity index (χ1v) is 15.9. The van der Waals surface area contributed by atoms with Crippen LogP contribution in [0.5, 0.6) is 0 Å². The van der Waals surface area contributed by atoms with Crippen molar-refractivity contribution in [3.8, 4) is 5.69 Å². The number of aromatic nitrogens is 1. The van der Waals surface area contributed by atoms with Gasteiger partial charge in [-0.3, -0.25) is 0 Å². The number of nitrogens with zero attached hydrogens (tertiary/aromatic N) is 1. The fraction of sp³-hybridized carbons (Fsp3) is 0. The number of para-hydroxylation sites is 1. The van der Waals surface area contributed by atoms with Crippen LogP contribution in [0.3, 0.4) is 0 Å². The van der Waals surface area contributed by atoms with E-state index in [0.29, 0.717) is 0 Å². The zero-order chi connectivity index (χ0) is 29.9. The molecule has 11 aromatic rings. The number of rotatable bonds is 1. The van der Waals surface area contributed by atoms with E-state index in [0.717, 1.165) is 27.6 Å². The smallest absolute Gasteiger partial charge is 0.136 e. The molecule has 11 rings (SSSR count). The van der Waals surface area contributed by atoms with E-state index in [2.05, 4.69) is 156 Å². The first kappa shape index (κ1) is 24.2. The Hall–Kier alpha value is -6.12. The molecule has 9 aromatic carbocycles. The third-order valence-corrected chi connectivity index (χ3v) is 10.1. The first-order valence-electron chi connectivity index (χ1n) is 15.9. The molecule has 212 valence electrons. The molecule has 0 bridgehead atoms. The second kappa shape index (κ2) is 8.74. The van der Waals surface area contributed by atoms with Crippen LogP contribution in [0.15, 0.2) is 156 Å². The van der Waals surface area contributed by atoms with Crippen LogP contribution < -0.4 is 0 Å². The molecular formula is C44H25NO. The second-order valence-electron chi connectivity index (χ2n) is 12.4. The third kappa shape index (κ3) is 3.05. The van der Waals surface area contributed by atoms with Gasteiger partial charge >= 0.3 is 0 Å². The minimum absolute atomic E-state index is 0.905. The maximum atomic E-state index is 6.42. The van der Waals surface area contributed by atoms with Crippen LogP contribution in [0.25, 0.3) is 103 Å². The lowest BCUT2D eigenvalue weighted by atomic mass is 9.88. The van der Waals surface area contributed by atoms with Crippen molar-refractivity contribution in [3.63, 3.8) is 0 Å². The summed E-state index contributed by atoms with van der Waals surface area (Å²) in [5, 5.41) is 17.6. The number of furan rings is 1. The Morgan fingerprint density at radius 3 is 1.63 bits per heavy atom. The van der Waals surface area contributed by atoms with Crippen LogP contribution in [-0.2, 0) is 0 Å². The predicted molar refractivity (Wildman–Crippen MR) is 196 cm³/mol. The summed E-state index contributed by atoms with van der Waals surface area (Å²) < 4.78 is 8.90. The number of hydrogen-bond donors (Lipinski definition) is 0. The number of hydrogen-bond acceptors (Lipinski definition) is 1. The quantitative estimate of drug-likeness (QED) is 0.176. The van der Waals surface area contributed by atoms with Gasteiger partial charge in [-0.25, -0.2) is 0 Å². The molecule has 0 aliphatic heterocycles. The molecule has 0 saturated carbocycles. The summed E-state index contributed by atoms with van der Waals surface area (Å²) in [5.41, 5.74) is 5.39. The van der Waals surface area contributed by atoms with Crippen LogP contribution in [0.4, 0.5) is 0 Å². The molecule has 2 nitrogen and oxygen atoms in total. The fourth-order valence-electron chi connectivity index (χ4n) is 8.19. The van der Waals surface area contributed by atoms with Crippen molar-refractivity contribution in [2.45, 2.75) is 0 Å². The van der Waals surface area contributed by atoms with Gasteiger partial charge in [0.15, 0.2) is 0 Å². The van der Waals surface area contributed by atoms with Crippen molar-refractivity contribution >= 4 is 97.6 Å². The molecule has 0 radical (unpaired) electrons. The molecule has 0 aliphatic carbocycles. The highest BCUT2D eigenvalue weighted by Crippen LogP contribution is 2.48. The highest BCUT2D eigenvalue weighted by atomic mass is 16.3. The molecule has 0 fully saturated rings. The Balaban J connectivity index is 1.37. The van der Waals surface area contributed by atoms with Crippen LogP contribution >= 0.6 is 0 Å². The van der Waals surface area contributed by atoms with E-state index in [-0.39, 0.29) is 0 Å². The molecule has 0 unspecified atom stereocenters. The Labute approximate surface area is 263 Å². The molecule has 0 spiro atoms. The van der Waals surface area contributed by atoms with Gasteiger partial charge in [-0.05, 0) is 79.5 Å². The van der Waals surface area contributed by atoms with Crippen LogP contribution in [0, 0.1) is 0 Å². The lowest BCUT2D eigenvalue weighted by molar-refractivity contribution is 0.669. The highest BCUT2D eigenvalue weighted by Gasteiger charge is 2.22. The number of fused-ring (bicyclic) bond motifs is 17. The summed E-state index contributed by atoms with van der Waals surface area (Å²) in [6.07, 6.45) is 0. The van der Waals surface area contributed by atoms with E-state index in [1.165, 1.54) is 75.7 Å². The molecule has 2 aromatic heterocycles. The van der Waals surface area contributed by atoms with Crippen LogP contribution in [0.1, 0.15) is 0 Å². The summed E-state index contributed by atoms with van der Waals surface area (Å²) in [7, 11) is 0. The molecule has 2 heterocycles. The molecule has 0 saturated heterocycles. The molecule has 2 heteroatoms. The van der Waals surface area contributed by atoms with Gasteiger partial charge in [-0.2, -0.15) is 0 Å². The van der Waals surface area contributed by atoms with Crippen molar-refractivity contribution in [3.05, 3.63) is 152 Å². The maximum Gasteiger partial charge on any atom is 0.136 e. The lowest BCUT2D eigenvalue weighted by Gasteiger charge is -2.16. The van der Waals surface area contributed by atoms with Gasteiger partial charge in [-0.15, -0.1) is 0 Å². The number of benzene rings is 9. The van der Waals surface area contributed by atoms with Gasteiger partial charge in [0, 0.05) is 38.0 Å². The predicted octanol–water partition coefficient (Wildman–Crippen LogP) is 12.4. The fourth-order valence-corrected chi connectivity index (χ4v) is 8.19. The molecule has 0 atom stereocenters. The van der Waals surface area contributed by atoms with E-state index >= 15 is 0 Å². The molecule has 0 amide bonds. The minimum atomic E-state index is 0.905. The Morgan fingerprint density at radius 1 is 0.348 bits per heavy atom. The Morgan fingerprint density at radius 2 is 0.891 bits per heavy atom. The minimum Gasteiger partial charge on any atom is -0.456 e. The van der Waals surface area contributed by atoms with Gasteiger partial charge in [-0.1, -0.05) is 115 Å². The lowest BCUT2D eigenvalue weighted by Crippen LogP contribution is -1.95. The van der Waals surface area contributed by atoms with Gasteiger partial charge < -0.3 is 8.98 Å². The molecule has 0 aliphatic rings. The maximum absolute atomic E-state index is 6.42. The Kier molecular flexibility index (Phi) is 4.61. The topological polar surface area (TPSA) is 18.1 Å². The summed E-state index contributed by atoms with van der Waals surface area (Å²) in [5.74, 6) is 0. The monoisotopic (exact) mass is 583 g/mol. The summed E-state index contributed by atoms with van der Waals surface area (Å²) in [6.45, 7) is 0. The van der Waals surface area contributed by atoms with Crippen LogP contribution in [-0.4, -0.2) is 4.57 Å². The average Bonchev–Trinajstić information content (AvgIpc) is 3.65. The van der Waals surface area contributed by atoms with Gasteiger partial charge in [0.25, 0.3) is 0 Å². The summed E-state index contributed by atoms with van der Waals surface area (Å²) in [6, 6.07) is 55.3. The van der Waals surface area contributed by atoms with Crippen molar-refractivity contribution < 1.29 is 4.42 Å². The Bertz CT molecular complexity index is 3080. The SMILES string of the molecule is c1ccc2cc3c(cc2c1)oc1ccc(-n2c4ccccc4c4c5c6ccccc6c6ccccc6c5c5ccccc5c42)cc13. The standard InChI is InChI=1S/C44H25NO/c1-2-12-27-24-40-36(23-26(27)11-1)37-25-28(21-22-39(37)46-40)45-38-20-10-9-19-35(38)43-42-32-16-6-4-14-30(32)29-13-3-5-15-31(29)41(42)33-17-7-8-18-34(33)44(43)45/h1-25H. The largest absolute Gasteiger partial charge is 0.456 e. The average molecular weight is 584 g/mol. The summed E-state index contributed by atoms with van der Waals surface area (Å²) >= 11 is 0. The van der Waals surface area contributed by atoms with E-state index in [1.807, 2.05) is 0 Å². The molecule has 46 heavy (non-hydrogen) atoms. The van der Waals surface area contributed by atoms with Gasteiger partial charge in [0.1, 0.15) is 11.2 Å². The van der Waals surface area contributed by atoms with Crippen molar-refractivity contribution in [1.29, 1.82) is 0 Å². The third-order valence-electron chi connectivity index (χ3n) is 10.1. The van der Waals surface area contributed by atoms with Crippen molar-refractivity contribution in [2.24, 2.45) is 0 Å². The molecule has 0 N–H and O–H groups in total. The highest BCUT2D eigenvalue weighted by molar-refractivity contribution is 6.42. The van der Waals surface area contributed by atoms with Crippen molar-refractivity contribution in [2.75, 3.05) is 0 Å². The van der Waals surface area contributed by atoms with Crippen LogP contribution in [0.2, 0.25) is 0 Å². The normalized spacial score (nSPS) is 12.3. The van der Waals surface area contributed by atoms with Crippen molar-refractivity contribution in [1.82, 2.24) is 4.57 Å².